The maximum atomic E-state index is 5.62. The van der Waals surface area contributed by atoms with Crippen molar-refractivity contribution in [3.05, 3.63) is 54.4 Å². The van der Waals surface area contributed by atoms with E-state index in [-0.39, 0.29) is 0 Å². The summed E-state index contributed by atoms with van der Waals surface area (Å²) in [4.78, 5) is 8.40. The molecule has 0 bridgehead atoms. The molecule has 0 amide bonds. The second-order valence-corrected chi connectivity index (χ2v) is 4.07. The monoisotopic (exact) mass is 252 g/mol. The van der Waals surface area contributed by atoms with Crippen LogP contribution < -0.4 is 5.73 Å². The van der Waals surface area contributed by atoms with Gasteiger partial charge in [-0.15, -0.1) is 0 Å². The summed E-state index contributed by atoms with van der Waals surface area (Å²) in [5.74, 6) is 1.01. The molecule has 3 aromatic rings. The quantitative estimate of drug-likeness (QED) is 0.773. The second-order valence-electron chi connectivity index (χ2n) is 4.07. The number of nitrogens with two attached hydrogens (primary N) is 1. The highest BCUT2D eigenvalue weighted by atomic mass is 16.5. The summed E-state index contributed by atoms with van der Waals surface area (Å²) in [6.45, 7) is 0.484. The van der Waals surface area contributed by atoms with Crippen molar-refractivity contribution in [1.29, 1.82) is 0 Å². The highest BCUT2D eigenvalue weighted by molar-refractivity contribution is 5.59. The lowest BCUT2D eigenvalue weighted by Gasteiger charge is -1.98. The molecule has 1 aromatic carbocycles. The van der Waals surface area contributed by atoms with Crippen LogP contribution in [0.4, 0.5) is 0 Å². The highest BCUT2D eigenvalue weighted by Crippen LogP contribution is 2.22. The van der Waals surface area contributed by atoms with Crippen LogP contribution in [-0.4, -0.2) is 15.1 Å². The van der Waals surface area contributed by atoms with E-state index in [1.807, 2.05) is 36.4 Å². The molecule has 0 atom stereocenters. The van der Waals surface area contributed by atoms with Crippen LogP contribution >= 0.6 is 0 Å². The fourth-order valence-corrected chi connectivity index (χ4v) is 1.78. The lowest BCUT2D eigenvalue weighted by molar-refractivity contribution is 0.432. The summed E-state index contributed by atoms with van der Waals surface area (Å²) in [5, 5.41) is 3.96. The number of aromatic nitrogens is 3. The van der Waals surface area contributed by atoms with E-state index in [2.05, 4.69) is 15.1 Å². The van der Waals surface area contributed by atoms with E-state index in [4.69, 9.17) is 10.3 Å². The van der Waals surface area contributed by atoms with Gasteiger partial charge in [0.2, 0.25) is 5.82 Å². The van der Waals surface area contributed by atoms with Crippen LogP contribution in [0, 0.1) is 0 Å². The first-order valence-corrected chi connectivity index (χ1v) is 5.90. The van der Waals surface area contributed by atoms with Gasteiger partial charge < -0.3 is 10.3 Å². The van der Waals surface area contributed by atoms with Gasteiger partial charge in [-0.05, 0) is 29.8 Å². The fraction of sp³-hybridized carbons (Fsp3) is 0.0714. The Balaban J connectivity index is 1.97. The minimum absolute atomic E-state index is 0.481. The van der Waals surface area contributed by atoms with Crippen molar-refractivity contribution in [2.45, 2.75) is 6.54 Å². The first-order valence-electron chi connectivity index (χ1n) is 5.90. The normalized spacial score (nSPS) is 10.6. The van der Waals surface area contributed by atoms with E-state index >= 15 is 0 Å². The standard InChI is InChI=1S/C14H12N4O/c15-8-10-3-1-4-11(7-10)14-17-13(18-19-14)12-5-2-6-16-9-12/h1-7,9H,8,15H2. The molecule has 5 nitrogen and oxygen atoms in total. The Morgan fingerprint density at radius 1 is 1.11 bits per heavy atom. The van der Waals surface area contributed by atoms with Crippen molar-refractivity contribution in [3.63, 3.8) is 0 Å². The Kier molecular flexibility index (Phi) is 3.04. The lowest BCUT2D eigenvalue weighted by atomic mass is 10.1. The highest BCUT2D eigenvalue weighted by Gasteiger charge is 2.10. The van der Waals surface area contributed by atoms with E-state index in [1.54, 1.807) is 12.4 Å². The Morgan fingerprint density at radius 2 is 2.00 bits per heavy atom. The molecule has 5 heteroatoms. The Hall–Kier alpha value is -2.53. The van der Waals surface area contributed by atoms with Gasteiger partial charge in [0.25, 0.3) is 5.89 Å². The van der Waals surface area contributed by atoms with Crippen molar-refractivity contribution < 1.29 is 4.52 Å². The molecule has 0 unspecified atom stereocenters. The number of pyridine rings is 1. The van der Waals surface area contributed by atoms with Crippen molar-refractivity contribution in [2.24, 2.45) is 5.73 Å². The molecule has 0 aliphatic rings. The van der Waals surface area contributed by atoms with E-state index in [0.717, 1.165) is 16.7 Å². The van der Waals surface area contributed by atoms with Crippen molar-refractivity contribution in [3.8, 4) is 22.8 Å². The average Bonchev–Trinajstić information content (AvgIpc) is 2.98. The summed E-state index contributed by atoms with van der Waals surface area (Å²) in [6, 6.07) is 11.5. The van der Waals surface area contributed by atoms with Crippen LogP contribution in [-0.2, 0) is 6.54 Å². The molecule has 0 fully saturated rings. The SMILES string of the molecule is NCc1cccc(-c2nc(-c3cccnc3)no2)c1. The zero-order valence-corrected chi connectivity index (χ0v) is 10.2. The molecule has 2 N–H and O–H groups in total. The zero-order valence-electron chi connectivity index (χ0n) is 10.2. The summed E-state index contributed by atoms with van der Waals surface area (Å²) < 4.78 is 5.27. The predicted molar refractivity (Wildman–Crippen MR) is 70.9 cm³/mol. The van der Waals surface area contributed by atoms with Crippen molar-refractivity contribution >= 4 is 0 Å². The third-order valence-electron chi connectivity index (χ3n) is 2.76. The second kappa shape index (κ2) is 4.99. The van der Waals surface area contributed by atoms with Gasteiger partial charge in [0.15, 0.2) is 0 Å². The van der Waals surface area contributed by atoms with Gasteiger partial charge in [0.1, 0.15) is 0 Å². The molecule has 94 valence electrons. The first-order chi connectivity index (χ1) is 9.36. The van der Waals surface area contributed by atoms with E-state index in [1.165, 1.54) is 0 Å². The first kappa shape index (κ1) is 11.6. The fourth-order valence-electron chi connectivity index (χ4n) is 1.78. The van der Waals surface area contributed by atoms with Crippen molar-refractivity contribution in [1.82, 2.24) is 15.1 Å². The van der Waals surface area contributed by atoms with E-state index in [9.17, 15) is 0 Å². The number of hydrogen-bond acceptors (Lipinski definition) is 5. The summed E-state index contributed by atoms with van der Waals surface area (Å²) in [7, 11) is 0. The average molecular weight is 252 g/mol. The molecule has 2 aromatic heterocycles. The van der Waals surface area contributed by atoms with Gasteiger partial charge in [-0.2, -0.15) is 4.98 Å². The van der Waals surface area contributed by atoms with Crippen LogP contribution in [0.2, 0.25) is 0 Å². The molecule has 0 saturated carbocycles. The third-order valence-corrected chi connectivity index (χ3v) is 2.76. The van der Waals surface area contributed by atoms with Gasteiger partial charge in [-0.25, -0.2) is 0 Å². The summed E-state index contributed by atoms with van der Waals surface area (Å²) in [5.41, 5.74) is 8.34. The number of rotatable bonds is 3. The van der Waals surface area contributed by atoms with Gasteiger partial charge in [-0.1, -0.05) is 17.3 Å². The van der Waals surface area contributed by atoms with Gasteiger partial charge in [-0.3, -0.25) is 4.98 Å². The van der Waals surface area contributed by atoms with E-state index in [0.29, 0.717) is 18.3 Å². The molecular weight excluding hydrogens is 240 g/mol. The minimum Gasteiger partial charge on any atom is -0.334 e. The number of hydrogen-bond donors (Lipinski definition) is 1. The Bertz CT molecular complexity index is 679. The third kappa shape index (κ3) is 2.36. The predicted octanol–water partition coefficient (Wildman–Crippen LogP) is 2.26. The molecule has 0 saturated heterocycles. The molecule has 2 heterocycles. The maximum absolute atomic E-state index is 5.62. The number of nitrogens with zero attached hydrogens (tertiary/aromatic N) is 3. The smallest absolute Gasteiger partial charge is 0.258 e. The van der Waals surface area contributed by atoms with Crippen molar-refractivity contribution in [2.75, 3.05) is 0 Å². The van der Waals surface area contributed by atoms with E-state index < -0.39 is 0 Å². The minimum atomic E-state index is 0.481. The lowest BCUT2D eigenvalue weighted by Crippen LogP contribution is -1.95. The molecule has 0 aliphatic heterocycles. The molecule has 3 rings (SSSR count). The molecular formula is C14H12N4O. The van der Waals surface area contributed by atoms with Crippen LogP contribution in [0.1, 0.15) is 5.56 Å². The topological polar surface area (TPSA) is 77.8 Å². The van der Waals surface area contributed by atoms with Crippen LogP contribution in [0.15, 0.2) is 53.3 Å². The maximum Gasteiger partial charge on any atom is 0.258 e. The van der Waals surface area contributed by atoms with Crippen LogP contribution in [0.3, 0.4) is 0 Å². The van der Waals surface area contributed by atoms with Crippen LogP contribution in [0.5, 0.6) is 0 Å². The summed E-state index contributed by atoms with van der Waals surface area (Å²) in [6.07, 6.45) is 3.40. The molecule has 0 spiro atoms. The largest absolute Gasteiger partial charge is 0.334 e. The van der Waals surface area contributed by atoms with Crippen LogP contribution in [0.25, 0.3) is 22.8 Å². The zero-order chi connectivity index (χ0) is 13.1. The summed E-state index contributed by atoms with van der Waals surface area (Å²) >= 11 is 0. The van der Waals surface area contributed by atoms with Gasteiger partial charge >= 0.3 is 0 Å². The van der Waals surface area contributed by atoms with Gasteiger partial charge in [0, 0.05) is 30.1 Å². The Morgan fingerprint density at radius 3 is 2.79 bits per heavy atom. The molecule has 0 aliphatic carbocycles. The van der Waals surface area contributed by atoms with Gasteiger partial charge in [0.05, 0.1) is 0 Å². The molecule has 19 heavy (non-hydrogen) atoms. The molecule has 0 radical (unpaired) electrons. The Labute approximate surface area is 110 Å². The number of benzene rings is 1.